The molecular weight excluding hydrogens is 987 g/mol. The number of fused-ring (bicyclic) bond motifs is 5. The third-order valence-electron chi connectivity index (χ3n) is 16.9. The van der Waals surface area contributed by atoms with Crippen molar-refractivity contribution in [3.05, 3.63) is 120 Å². The molecule has 2 saturated heterocycles. The fraction of sp³-hybridized carbons (Fsp3) is 0.492. The van der Waals surface area contributed by atoms with Gasteiger partial charge in [-0.05, 0) is 116 Å². The van der Waals surface area contributed by atoms with Gasteiger partial charge in [0.2, 0.25) is 5.75 Å². The first-order valence-electron chi connectivity index (χ1n) is 28.3. The maximum Gasteiger partial charge on any atom is 0.302 e. The van der Waals surface area contributed by atoms with Crippen molar-refractivity contribution in [2.24, 2.45) is 28.5 Å². The van der Waals surface area contributed by atoms with Crippen LogP contribution in [-0.2, 0) is 27.1 Å². The van der Waals surface area contributed by atoms with Gasteiger partial charge in [0.25, 0.3) is 0 Å². The minimum Gasteiger partial charge on any atom is -0.504 e. The third kappa shape index (κ3) is 12.0. The molecule has 78 heavy (non-hydrogen) atoms. The predicted octanol–water partition coefficient (Wildman–Crippen LogP) is 8.20. The number of ether oxygens (including phenoxy) is 4. The van der Waals surface area contributed by atoms with Gasteiger partial charge in [-0.2, -0.15) is 0 Å². The first-order valence-corrected chi connectivity index (χ1v) is 28.3. The zero-order valence-corrected chi connectivity index (χ0v) is 44.6. The van der Waals surface area contributed by atoms with Crippen LogP contribution in [0.2, 0.25) is 0 Å². The predicted molar refractivity (Wildman–Crippen MR) is 298 cm³/mol. The summed E-state index contributed by atoms with van der Waals surface area (Å²) in [7, 11) is 0. The molecule has 4 aliphatic heterocycles. The lowest BCUT2D eigenvalue weighted by molar-refractivity contribution is -0.164. The van der Waals surface area contributed by atoms with Gasteiger partial charge in [0, 0.05) is 106 Å². The number of benzene rings is 2. The smallest absolute Gasteiger partial charge is 0.302 e. The van der Waals surface area contributed by atoms with Gasteiger partial charge >= 0.3 is 5.97 Å². The number of nitrogens with one attached hydrogen (secondary N) is 5. The molecule has 0 amide bonds. The Morgan fingerprint density at radius 1 is 1.03 bits per heavy atom. The average molecular weight is 1060 g/mol. The van der Waals surface area contributed by atoms with E-state index in [2.05, 4.69) is 72.2 Å². The molecule has 17 heteroatoms. The second-order valence-electron chi connectivity index (χ2n) is 22.3. The summed E-state index contributed by atoms with van der Waals surface area (Å²) in [6.07, 6.45) is 24.2. The van der Waals surface area contributed by atoms with Crippen molar-refractivity contribution in [3.8, 4) is 40.6 Å². The number of dihydropyridines is 1. The number of carbonyl (C=O) groups is 1. The number of nitrogens with zero attached hydrogens (tertiary/aromatic N) is 3. The van der Waals surface area contributed by atoms with Crippen molar-refractivity contribution in [1.29, 1.82) is 0 Å². The summed E-state index contributed by atoms with van der Waals surface area (Å²) in [5, 5.41) is 50.1. The molecule has 7 heterocycles. The molecule has 412 valence electrons. The maximum absolute atomic E-state index is 12.7. The fourth-order valence-electron chi connectivity index (χ4n) is 13.1. The molecule has 2 saturated carbocycles. The van der Waals surface area contributed by atoms with Gasteiger partial charge in [-0.15, -0.1) is 5.92 Å². The van der Waals surface area contributed by atoms with Gasteiger partial charge in [-0.1, -0.05) is 43.4 Å². The molecule has 11 rings (SSSR count). The lowest BCUT2D eigenvalue weighted by atomic mass is 9.62. The summed E-state index contributed by atoms with van der Waals surface area (Å²) in [5.41, 5.74) is 10.3. The van der Waals surface area contributed by atoms with Crippen molar-refractivity contribution < 1.29 is 39.1 Å². The van der Waals surface area contributed by atoms with E-state index in [1.165, 1.54) is 37.8 Å². The highest BCUT2D eigenvalue weighted by molar-refractivity contribution is 5.83. The Morgan fingerprint density at radius 2 is 1.92 bits per heavy atom. The Balaban J connectivity index is 0.946. The van der Waals surface area contributed by atoms with Crippen molar-refractivity contribution in [1.82, 2.24) is 35.8 Å². The quantitative estimate of drug-likeness (QED) is 0.0208. The van der Waals surface area contributed by atoms with E-state index < -0.39 is 29.8 Å². The van der Waals surface area contributed by atoms with Gasteiger partial charge in [0.1, 0.15) is 18.4 Å². The Kier molecular flexibility index (Phi) is 16.1. The van der Waals surface area contributed by atoms with Crippen LogP contribution in [0.25, 0.3) is 10.9 Å². The number of nitrogens with two attached hydrogens (primary N) is 1. The highest BCUT2D eigenvalue weighted by Crippen LogP contribution is 2.48. The Bertz CT molecular complexity index is 3030. The number of phenolic OH excluding ortho intramolecular Hbond substituents is 3. The zero-order chi connectivity index (χ0) is 53.6. The van der Waals surface area contributed by atoms with E-state index in [1.54, 1.807) is 24.5 Å². The second-order valence-corrected chi connectivity index (χ2v) is 22.3. The number of aliphatic imine (C=N–C) groups is 1. The van der Waals surface area contributed by atoms with Crippen LogP contribution in [0.3, 0.4) is 0 Å². The summed E-state index contributed by atoms with van der Waals surface area (Å²) >= 11 is 0. The van der Waals surface area contributed by atoms with Crippen LogP contribution >= 0.6 is 0 Å². The molecule has 4 fully saturated rings. The second kappa shape index (κ2) is 23.8. The molecule has 9 atom stereocenters. The molecule has 1 spiro atoms. The van der Waals surface area contributed by atoms with E-state index in [0.29, 0.717) is 61.8 Å². The van der Waals surface area contributed by atoms with Crippen molar-refractivity contribution in [3.63, 3.8) is 0 Å². The van der Waals surface area contributed by atoms with Crippen LogP contribution in [0.5, 0.6) is 28.7 Å². The minimum absolute atomic E-state index is 0.0488. The van der Waals surface area contributed by atoms with Gasteiger partial charge in [0.15, 0.2) is 29.0 Å². The van der Waals surface area contributed by atoms with Gasteiger partial charge in [-0.3, -0.25) is 14.8 Å². The van der Waals surface area contributed by atoms with Crippen molar-refractivity contribution >= 4 is 22.8 Å². The van der Waals surface area contributed by atoms with E-state index in [-0.39, 0.29) is 59.6 Å². The van der Waals surface area contributed by atoms with Gasteiger partial charge < -0.3 is 70.8 Å². The number of hydrogen-bond donors (Lipinski definition) is 9. The molecule has 2 aliphatic carbocycles. The number of guanidine groups is 1. The number of phenols is 3. The topological polar surface area (TPSA) is 235 Å². The molecule has 5 aromatic rings. The average Bonchev–Trinajstić information content (AvgIpc) is 4.18. The lowest BCUT2D eigenvalue weighted by Gasteiger charge is -2.56. The number of esters is 1. The normalized spacial score (nSPS) is 27.8. The van der Waals surface area contributed by atoms with E-state index in [1.807, 2.05) is 36.5 Å². The van der Waals surface area contributed by atoms with E-state index in [4.69, 9.17) is 29.7 Å². The fourth-order valence-corrected chi connectivity index (χ4v) is 13.1. The third-order valence-corrected chi connectivity index (χ3v) is 16.9. The highest BCUT2D eigenvalue weighted by atomic mass is 16.6. The Labute approximate surface area is 456 Å². The van der Waals surface area contributed by atoms with Crippen LogP contribution in [-0.4, -0.2) is 97.9 Å². The van der Waals surface area contributed by atoms with Crippen molar-refractivity contribution in [2.75, 3.05) is 26.2 Å². The maximum atomic E-state index is 12.7. The zero-order valence-electron chi connectivity index (χ0n) is 44.6. The number of aromatic nitrogens is 3. The molecule has 17 nitrogen and oxygen atoms in total. The van der Waals surface area contributed by atoms with E-state index in [9.17, 15) is 20.1 Å². The minimum atomic E-state index is -0.651. The molecular formula is C61H75N9O8. The van der Waals surface area contributed by atoms with Crippen LogP contribution in [0, 0.1) is 29.6 Å². The van der Waals surface area contributed by atoms with Gasteiger partial charge in [0.05, 0.1) is 41.6 Å². The number of aromatic amines is 1. The van der Waals surface area contributed by atoms with Crippen molar-refractivity contribution in [2.45, 2.75) is 145 Å². The highest BCUT2D eigenvalue weighted by Gasteiger charge is 2.57. The van der Waals surface area contributed by atoms with E-state index in [0.717, 1.165) is 86.0 Å². The summed E-state index contributed by atoms with van der Waals surface area (Å²) in [6, 6.07) is 15.1. The van der Waals surface area contributed by atoms with Crippen LogP contribution in [0.15, 0.2) is 108 Å². The van der Waals surface area contributed by atoms with Crippen LogP contribution < -0.4 is 36.5 Å². The van der Waals surface area contributed by atoms with E-state index >= 15 is 0 Å². The summed E-state index contributed by atoms with van der Waals surface area (Å²) < 4.78 is 28.6. The largest absolute Gasteiger partial charge is 0.504 e. The first kappa shape index (κ1) is 52.7. The Hall–Kier alpha value is -7.29. The Morgan fingerprint density at radius 3 is 2.76 bits per heavy atom. The molecule has 9 unspecified atom stereocenters. The molecule has 6 aliphatic rings. The summed E-state index contributed by atoms with van der Waals surface area (Å²) in [6.45, 7) is 3.68. The van der Waals surface area contributed by atoms with Crippen LogP contribution in [0.1, 0.15) is 119 Å². The molecule has 2 bridgehead atoms. The number of H-pyrrole nitrogens is 1. The first-order chi connectivity index (χ1) is 38.0. The molecule has 0 radical (unpaired) electrons. The SMILES string of the molecule is CC(=O)OC1CC(c2cc(O)c(O)c(OCCc3cccnc3)c2)OC(C2CC#CC3C(CCCC34NC(=NCCCC3=CCNC(N)=C3)NC(n3cc5cc[nH]c5c3)C4CNC3CCCCC3)Oc3cc(ccc3O)C2)C1. The monoisotopic (exact) mass is 1060 g/mol. The number of hydrogen-bond acceptors (Lipinski definition) is 13. The number of rotatable bonds is 15. The summed E-state index contributed by atoms with van der Waals surface area (Å²) in [5.74, 6) is 7.97. The number of aromatic hydroxyl groups is 3. The standard InChI is InChI=1S/C61H75N9O8/c1-38(71)76-46-32-53(78-54(33-46)44-30-51(73)58(74)56(31-44)75-26-20-40-10-7-22-63-34-40)42-11-5-14-47-52(77-55-28-41(27-42)16-17-50(55)72)15-6-21-61(47)48(35-67-45-12-3-2-4-13-45)59(70-36-43-19-25-64-49(43)37-70)68-60(69-61)66-23-8-9-39-18-24-65-57(62)29-39/h7,10,16-19,22,25,28-31,34,36-37,42,45-48,52-54,59,64-65,67,72-74H,2-4,6,8-9,11-13,15,20-21,23-24,26-27,32-33,35,62H2,1H3,(H2,66,68,69). The molecule has 10 N–H and O–H groups in total. The number of allylic oxidation sites excluding steroid dienone is 2. The molecule has 2 aromatic carbocycles. The van der Waals surface area contributed by atoms with Gasteiger partial charge in [-0.25, -0.2) is 0 Å². The van der Waals surface area contributed by atoms with Crippen LogP contribution in [0.4, 0.5) is 0 Å². The molecule has 3 aromatic heterocycles. The lowest BCUT2D eigenvalue weighted by Crippen LogP contribution is -2.73. The summed E-state index contributed by atoms with van der Waals surface area (Å²) in [4.78, 5) is 25.6. The number of pyridine rings is 1. The number of carbonyl (C=O) groups excluding carboxylic acids is 1.